The average molecular weight is 423 g/mol. The number of nitrogens with one attached hydrogen (secondary N) is 2. The summed E-state index contributed by atoms with van der Waals surface area (Å²) in [6.07, 6.45) is 3.58. The first-order chi connectivity index (χ1) is 13.1. The van der Waals surface area contributed by atoms with Gasteiger partial charge in [0.05, 0.1) is 4.21 Å². The Bertz CT molecular complexity index is 604. The van der Waals surface area contributed by atoms with Gasteiger partial charge in [-0.1, -0.05) is 50.2 Å². The molecule has 2 aromatic rings. The molecule has 5 heteroatoms. The van der Waals surface area contributed by atoms with Gasteiger partial charge in [0.2, 0.25) is 0 Å². The van der Waals surface area contributed by atoms with E-state index in [-0.39, 0.29) is 0 Å². The fourth-order valence-electron chi connectivity index (χ4n) is 3.45. The van der Waals surface area contributed by atoms with E-state index in [0.29, 0.717) is 17.7 Å². The molecule has 2 rings (SSSR count). The van der Waals surface area contributed by atoms with Crippen LogP contribution in [0.3, 0.4) is 0 Å². The second-order valence-corrected chi connectivity index (χ2v) is 10.7. The minimum atomic E-state index is 0.443. The topological polar surface area (TPSA) is 24.1 Å². The van der Waals surface area contributed by atoms with Crippen molar-refractivity contribution in [3.63, 3.8) is 0 Å². The van der Waals surface area contributed by atoms with Crippen LogP contribution in [-0.4, -0.2) is 31.2 Å². The van der Waals surface area contributed by atoms with Crippen LogP contribution in [0.4, 0.5) is 0 Å². The number of benzene rings is 1. The van der Waals surface area contributed by atoms with Gasteiger partial charge in [0.15, 0.2) is 0 Å². The van der Waals surface area contributed by atoms with Crippen LogP contribution in [-0.2, 0) is 6.42 Å². The highest BCUT2D eigenvalue weighted by Crippen LogP contribution is 2.29. The summed E-state index contributed by atoms with van der Waals surface area (Å²) in [5.41, 5.74) is 1.40. The van der Waals surface area contributed by atoms with Crippen LogP contribution < -0.4 is 10.6 Å². The van der Waals surface area contributed by atoms with Crippen molar-refractivity contribution in [1.82, 2.24) is 10.6 Å². The molecule has 1 aromatic carbocycles. The number of thiophene rings is 1. The molecule has 0 aliphatic carbocycles. The molecule has 2 N–H and O–H groups in total. The highest BCUT2D eigenvalue weighted by molar-refractivity contribution is 8.01. The Morgan fingerprint density at radius 2 is 1.89 bits per heavy atom. The standard InChI is InChI=1S/C22H35N2PS2/c1-17(2)14-19(11-13-27-21-10-7-12-26-21)22(25)24-20(16-23-3)15-18-8-5-4-6-9-18/h4-10,12,17,19-20,22-24H,11,13-16,25H2,1-3H3. The zero-order valence-electron chi connectivity index (χ0n) is 16.9. The van der Waals surface area contributed by atoms with Gasteiger partial charge < -0.3 is 10.6 Å². The third-order valence-electron chi connectivity index (χ3n) is 4.71. The number of hydrogen-bond acceptors (Lipinski definition) is 4. The molecule has 150 valence electrons. The molecule has 0 saturated carbocycles. The molecular formula is C22H35N2PS2. The lowest BCUT2D eigenvalue weighted by atomic mass is 9.93. The minimum Gasteiger partial charge on any atom is -0.318 e. The maximum absolute atomic E-state index is 3.91. The third-order valence-corrected chi connectivity index (χ3v) is 7.61. The van der Waals surface area contributed by atoms with Crippen molar-refractivity contribution in [2.75, 3.05) is 19.3 Å². The molecule has 0 radical (unpaired) electrons. The van der Waals surface area contributed by atoms with Crippen LogP contribution in [0.5, 0.6) is 0 Å². The molecule has 0 amide bonds. The van der Waals surface area contributed by atoms with Crippen molar-refractivity contribution in [1.29, 1.82) is 0 Å². The molecule has 0 fully saturated rings. The molecule has 0 bridgehead atoms. The predicted molar refractivity (Wildman–Crippen MR) is 127 cm³/mol. The monoisotopic (exact) mass is 422 g/mol. The van der Waals surface area contributed by atoms with Gasteiger partial charge in [-0.25, -0.2) is 0 Å². The Balaban J connectivity index is 1.91. The lowest BCUT2D eigenvalue weighted by Crippen LogP contribution is -2.45. The van der Waals surface area contributed by atoms with E-state index in [0.717, 1.165) is 18.9 Å². The smallest absolute Gasteiger partial charge is 0.0598 e. The first-order valence-corrected chi connectivity index (χ1v) is 12.5. The Morgan fingerprint density at radius 1 is 1.11 bits per heavy atom. The quantitative estimate of drug-likeness (QED) is 0.329. The first-order valence-electron chi connectivity index (χ1n) is 9.95. The van der Waals surface area contributed by atoms with E-state index in [2.05, 4.69) is 81.6 Å². The van der Waals surface area contributed by atoms with Gasteiger partial charge in [0.25, 0.3) is 0 Å². The van der Waals surface area contributed by atoms with Crippen LogP contribution >= 0.6 is 32.3 Å². The van der Waals surface area contributed by atoms with Crippen molar-refractivity contribution < 1.29 is 0 Å². The summed E-state index contributed by atoms with van der Waals surface area (Å²) in [5.74, 6) is 3.04. The summed E-state index contributed by atoms with van der Waals surface area (Å²) in [6.45, 7) is 5.66. The van der Waals surface area contributed by atoms with Gasteiger partial charge in [-0.2, -0.15) is 0 Å². The van der Waals surface area contributed by atoms with Crippen molar-refractivity contribution in [3.8, 4) is 0 Å². The summed E-state index contributed by atoms with van der Waals surface area (Å²) < 4.78 is 1.43. The Labute approximate surface area is 176 Å². The number of likely N-dealkylation sites (N-methyl/N-ethyl adjacent to an activating group) is 1. The minimum absolute atomic E-state index is 0.443. The largest absolute Gasteiger partial charge is 0.318 e. The molecule has 1 heterocycles. The highest BCUT2D eigenvalue weighted by Gasteiger charge is 2.21. The number of rotatable bonds is 13. The van der Waals surface area contributed by atoms with E-state index < -0.39 is 0 Å². The maximum atomic E-state index is 3.91. The Kier molecular flexibility index (Phi) is 11.0. The van der Waals surface area contributed by atoms with E-state index in [1.807, 2.05) is 30.1 Å². The van der Waals surface area contributed by atoms with Crippen LogP contribution in [0.1, 0.15) is 32.3 Å². The summed E-state index contributed by atoms with van der Waals surface area (Å²) in [5, 5.41) is 9.44. The van der Waals surface area contributed by atoms with Gasteiger partial charge in [0, 0.05) is 18.4 Å². The van der Waals surface area contributed by atoms with E-state index in [1.165, 1.54) is 28.4 Å². The zero-order valence-corrected chi connectivity index (χ0v) is 19.6. The summed E-state index contributed by atoms with van der Waals surface area (Å²) in [4.78, 5) is 0. The molecular weight excluding hydrogens is 387 g/mol. The number of hydrogen-bond donors (Lipinski definition) is 2. The second kappa shape index (κ2) is 13.0. The van der Waals surface area contributed by atoms with Crippen molar-refractivity contribution >= 4 is 32.3 Å². The lowest BCUT2D eigenvalue weighted by Gasteiger charge is -2.30. The van der Waals surface area contributed by atoms with E-state index in [9.17, 15) is 0 Å². The normalized spacial score (nSPS) is 15.0. The van der Waals surface area contributed by atoms with Crippen molar-refractivity contribution in [3.05, 3.63) is 53.4 Å². The van der Waals surface area contributed by atoms with Gasteiger partial charge in [-0.3, -0.25) is 0 Å². The molecule has 4 atom stereocenters. The molecule has 0 spiro atoms. The average Bonchev–Trinajstić information content (AvgIpc) is 3.15. The summed E-state index contributed by atoms with van der Waals surface area (Å²) in [6, 6.07) is 15.6. The van der Waals surface area contributed by atoms with Gasteiger partial charge in [-0.15, -0.1) is 32.3 Å². The number of thioether (sulfide) groups is 1. The van der Waals surface area contributed by atoms with E-state index in [4.69, 9.17) is 0 Å². The third kappa shape index (κ3) is 9.11. The molecule has 0 aliphatic heterocycles. The van der Waals surface area contributed by atoms with E-state index in [1.54, 1.807) is 0 Å². The Hall–Kier alpha value is -0.380. The Morgan fingerprint density at radius 3 is 2.52 bits per heavy atom. The second-order valence-electron chi connectivity index (χ2n) is 7.60. The maximum Gasteiger partial charge on any atom is 0.0598 e. The van der Waals surface area contributed by atoms with Gasteiger partial charge in [-0.05, 0) is 60.9 Å². The van der Waals surface area contributed by atoms with Crippen molar-refractivity contribution in [2.45, 2.75) is 49.1 Å². The van der Waals surface area contributed by atoms with Gasteiger partial charge in [0.1, 0.15) is 0 Å². The SMILES string of the molecule is CNCC(Cc1ccccc1)NC(P)C(CCSc1cccs1)CC(C)C. The molecule has 2 nitrogen and oxygen atoms in total. The zero-order chi connectivity index (χ0) is 19.5. The fourth-order valence-corrected chi connectivity index (χ4v) is 6.00. The van der Waals surface area contributed by atoms with E-state index >= 15 is 0 Å². The molecule has 27 heavy (non-hydrogen) atoms. The van der Waals surface area contributed by atoms with Crippen molar-refractivity contribution in [2.24, 2.45) is 11.8 Å². The first kappa shape index (κ1) is 22.9. The lowest BCUT2D eigenvalue weighted by molar-refractivity contribution is 0.332. The summed E-state index contributed by atoms with van der Waals surface area (Å²) >= 11 is 3.85. The molecule has 0 saturated heterocycles. The predicted octanol–water partition coefficient (Wildman–Crippen LogP) is 5.51. The van der Waals surface area contributed by atoms with Crippen LogP contribution in [0.25, 0.3) is 0 Å². The van der Waals surface area contributed by atoms with Crippen LogP contribution in [0, 0.1) is 11.8 Å². The fraction of sp³-hybridized carbons (Fsp3) is 0.545. The van der Waals surface area contributed by atoms with Crippen LogP contribution in [0.2, 0.25) is 0 Å². The molecule has 0 aliphatic rings. The van der Waals surface area contributed by atoms with Crippen LogP contribution in [0.15, 0.2) is 52.1 Å². The highest BCUT2D eigenvalue weighted by atomic mass is 32.2. The molecule has 4 unspecified atom stereocenters. The van der Waals surface area contributed by atoms with Gasteiger partial charge >= 0.3 is 0 Å². The summed E-state index contributed by atoms with van der Waals surface area (Å²) in [7, 11) is 5.14. The molecule has 1 aromatic heterocycles.